The van der Waals surface area contributed by atoms with E-state index in [2.05, 4.69) is 10.5 Å². The lowest BCUT2D eigenvalue weighted by Crippen LogP contribution is -2.38. The largest absolute Gasteiger partial charge is 0.393 e. The molecule has 1 aromatic carbocycles. The van der Waals surface area contributed by atoms with E-state index in [1.807, 2.05) is 30.3 Å². The number of aliphatic hydroxyl groups excluding tert-OH is 1. The van der Waals surface area contributed by atoms with Gasteiger partial charge >= 0.3 is 0 Å². The molecule has 16 heavy (non-hydrogen) atoms. The number of hydrogen-bond acceptors (Lipinski definition) is 3. The normalized spacial score (nSPS) is 22.2. The van der Waals surface area contributed by atoms with Gasteiger partial charge in [0, 0.05) is 12.3 Å². The number of nitrogens with zero attached hydrogens (tertiary/aromatic N) is 1. The first-order valence-corrected chi connectivity index (χ1v) is 5.28. The van der Waals surface area contributed by atoms with E-state index in [1.165, 1.54) is 0 Å². The van der Waals surface area contributed by atoms with Crippen molar-refractivity contribution >= 4 is 11.6 Å². The molecule has 4 heteroatoms. The van der Waals surface area contributed by atoms with Gasteiger partial charge in [-0.15, -0.1) is 0 Å². The van der Waals surface area contributed by atoms with Crippen LogP contribution in [0.4, 0.5) is 0 Å². The molecule has 0 aromatic heterocycles. The van der Waals surface area contributed by atoms with E-state index >= 15 is 0 Å². The molecule has 84 valence electrons. The Kier molecular flexibility index (Phi) is 3.01. The molecule has 0 fully saturated rings. The minimum absolute atomic E-state index is 0.148. The third kappa shape index (κ3) is 2.12. The number of aliphatic hydroxyl groups is 1. The molecule has 0 saturated heterocycles. The van der Waals surface area contributed by atoms with Gasteiger partial charge in [0.2, 0.25) is 5.91 Å². The Balaban J connectivity index is 2.34. The highest BCUT2D eigenvalue weighted by Gasteiger charge is 2.28. The summed E-state index contributed by atoms with van der Waals surface area (Å²) < 4.78 is 0. The van der Waals surface area contributed by atoms with Crippen molar-refractivity contribution < 1.29 is 9.90 Å². The summed E-state index contributed by atoms with van der Waals surface area (Å²) in [6.45, 7) is 1.68. The average Bonchev–Trinajstić information content (AvgIpc) is 2.30. The summed E-state index contributed by atoms with van der Waals surface area (Å²) in [6.07, 6.45) is -0.296. The Bertz CT molecular complexity index is 412. The monoisotopic (exact) mass is 218 g/mol. The maximum atomic E-state index is 11.2. The fraction of sp³-hybridized carbons (Fsp3) is 0.333. The topological polar surface area (TPSA) is 61.7 Å². The predicted molar refractivity (Wildman–Crippen MR) is 60.9 cm³/mol. The van der Waals surface area contributed by atoms with Crippen LogP contribution in [0.5, 0.6) is 0 Å². The molecule has 0 radical (unpaired) electrons. The van der Waals surface area contributed by atoms with Crippen molar-refractivity contribution in [3.05, 3.63) is 35.9 Å². The Morgan fingerprint density at radius 3 is 2.75 bits per heavy atom. The first-order valence-electron chi connectivity index (χ1n) is 5.28. The molecule has 2 N–H and O–H groups in total. The second kappa shape index (κ2) is 4.45. The number of amides is 1. The van der Waals surface area contributed by atoms with Crippen molar-refractivity contribution in [3.63, 3.8) is 0 Å². The van der Waals surface area contributed by atoms with Gasteiger partial charge in [0.25, 0.3) is 0 Å². The summed E-state index contributed by atoms with van der Waals surface area (Å²) in [5.74, 6) is -0.373. The molecule has 2 rings (SSSR count). The van der Waals surface area contributed by atoms with Gasteiger partial charge in [-0.2, -0.15) is 5.10 Å². The Hall–Kier alpha value is -1.68. The minimum atomic E-state index is -0.579. The number of benzene rings is 1. The van der Waals surface area contributed by atoms with Crippen LogP contribution in [0, 0.1) is 5.92 Å². The third-order valence-electron chi connectivity index (χ3n) is 2.71. The van der Waals surface area contributed by atoms with Crippen LogP contribution in [-0.2, 0) is 4.79 Å². The lowest BCUT2D eigenvalue weighted by molar-refractivity contribution is -0.122. The van der Waals surface area contributed by atoms with Gasteiger partial charge in [-0.1, -0.05) is 30.3 Å². The third-order valence-corrected chi connectivity index (χ3v) is 2.71. The first-order chi connectivity index (χ1) is 7.68. The second-order valence-electron chi connectivity index (χ2n) is 3.95. The zero-order valence-electron chi connectivity index (χ0n) is 9.05. The number of hydrogen-bond donors (Lipinski definition) is 2. The second-order valence-corrected chi connectivity index (χ2v) is 3.95. The molecular formula is C12H14N2O2. The molecule has 0 saturated carbocycles. The summed E-state index contributed by atoms with van der Waals surface area (Å²) in [4.78, 5) is 11.2. The lowest BCUT2D eigenvalue weighted by Gasteiger charge is -2.25. The van der Waals surface area contributed by atoms with Crippen LogP contribution < -0.4 is 5.43 Å². The predicted octanol–water partition coefficient (Wildman–Crippen LogP) is 0.908. The molecule has 1 amide bonds. The smallest absolute Gasteiger partial charge is 0.240 e. The van der Waals surface area contributed by atoms with Gasteiger partial charge < -0.3 is 5.11 Å². The SMILES string of the molecule is CC(O)C1CC(=O)NN=C1c1ccccc1. The molecule has 0 bridgehead atoms. The van der Waals surface area contributed by atoms with Crippen LogP contribution in [0.25, 0.3) is 0 Å². The minimum Gasteiger partial charge on any atom is -0.393 e. The highest BCUT2D eigenvalue weighted by atomic mass is 16.3. The van der Waals surface area contributed by atoms with Crippen molar-refractivity contribution in [2.24, 2.45) is 11.0 Å². The van der Waals surface area contributed by atoms with E-state index in [1.54, 1.807) is 6.92 Å². The summed E-state index contributed by atoms with van der Waals surface area (Å²) in [5, 5.41) is 13.7. The fourth-order valence-corrected chi connectivity index (χ4v) is 1.83. The number of hydrazone groups is 1. The van der Waals surface area contributed by atoms with Crippen molar-refractivity contribution in [3.8, 4) is 0 Å². The van der Waals surface area contributed by atoms with Crippen LogP contribution >= 0.6 is 0 Å². The Labute approximate surface area is 94.0 Å². The zero-order valence-corrected chi connectivity index (χ0v) is 9.05. The Morgan fingerprint density at radius 2 is 2.12 bits per heavy atom. The molecule has 1 aliphatic heterocycles. The van der Waals surface area contributed by atoms with E-state index in [0.29, 0.717) is 0 Å². The summed E-state index contributed by atoms with van der Waals surface area (Å²) in [7, 11) is 0. The summed E-state index contributed by atoms with van der Waals surface area (Å²) in [5.41, 5.74) is 4.14. The van der Waals surface area contributed by atoms with Crippen molar-refractivity contribution in [2.75, 3.05) is 0 Å². The van der Waals surface area contributed by atoms with E-state index in [4.69, 9.17) is 0 Å². The maximum Gasteiger partial charge on any atom is 0.240 e. The zero-order chi connectivity index (χ0) is 11.5. The molecule has 4 nitrogen and oxygen atoms in total. The Morgan fingerprint density at radius 1 is 1.44 bits per heavy atom. The summed E-state index contributed by atoms with van der Waals surface area (Å²) in [6, 6.07) is 9.58. The summed E-state index contributed by atoms with van der Waals surface area (Å²) >= 11 is 0. The highest BCUT2D eigenvalue weighted by molar-refractivity contribution is 6.06. The van der Waals surface area contributed by atoms with E-state index in [0.717, 1.165) is 11.3 Å². The maximum absolute atomic E-state index is 11.2. The van der Waals surface area contributed by atoms with Crippen molar-refractivity contribution in [2.45, 2.75) is 19.4 Å². The molecule has 1 aromatic rings. The van der Waals surface area contributed by atoms with E-state index < -0.39 is 6.10 Å². The van der Waals surface area contributed by atoms with Crippen LogP contribution in [0.3, 0.4) is 0 Å². The average molecular weight is 218 g/mol. The van der Waals surface area contributed by atoms with Gasteiger partial charge in [-0.25, -0.2) is 5.43 Å². The van der Waals surface area contributed by atoms with E-state index in [9.17, 15) is 9.90 Å². The molecule has 1 heterocycles. The van der Waals surface area contributed by atoms with E-state index in [-0.39, 0.29) is 18.2 Å². The van der Waals surface area contributed by atoms with Crippen LogP contribution in [0.1, 0.15) is 18.9 Å². The fourth-order valence-electron chi connectivity index (χ4n) is 1.83. The van der Waals surface area contributed by atoms with Gasteiger partial charge in [0.15, 0.2) is 0 Å². The van der Waals surface area contributed by atoms with Crippen molar-refractivity contribution in [1.29, 1.82) is 0 Å². The van der Waals surface area contributed by atoms with Crippen LogP contribution in [0.2, 0.25) is 0 Å². The molecule has 0 spiro atoms. The van der Waals surface area contributed by atoms with Gasteiger partial charge in [0.1, 0.15) is 0 Å². The molecule has 2 unspecified atom stereocenters. The number of carbonyl (C=O) groups is 1. The highest BCUT2D eigenvalue weighted by Crippen LogP contribution is 2.20. The van der Waals surface area contributed by atoms with Crippen LogP contribution in [0.15, 0.2) is 35.4 Å². The standard InChI is InChI=1S/C12H14N2O2/c1-8(15)10-7-11(16)13-14-12(10)9-5-3-2-4-6-9/h2-6,8,10,15H,7H2,1H3,(H,13,16). The number of nitrogens with one attached hydrogen (secondary N) is 1. The lowest BCUT2D eigenvalue weighted by atomic mass is 9.88. The van der Waals surface area contributed by atoms with Crippen LogP contribution in [-0.4, -0.2) is 22.8 Å². The molecular weight excluding hydrogens is 204 g/mol. The first kappa shape index (κ1) is 10.8. The number of rotatable bonds is 2. The van der Waals surface area contributed by atoms with Gasteiger partial charge in [0.05, 0.1) is 11.8 Å². The molecule has 1 aliphatic rings. The van der Waals surface area contributed by atoms with Crippen molar-refractivity contribution in [1.82, 2.24) is 5.43 Å². The molecule has 0 aliphatic carbocycles. The quantitative estimate of drug-likeness (QED) is 0.775. The van der Waals surface area contributed by atoms with Gasteiger partial charge in [-0.3, -0.25) is 4.79 Å². The van der Waals surface area contributed by atoms with Gasteiger partial charge in [-0.05, 0) is 12.5 Å². The molecule has 2 atom stereocenters. The number of carbonyl (C=O) groups excluding carboxylic acids is 1.